The largest absolute Gasteiger partial charge is 0.381 e. The van der Waals surface area contributed by atoms with Crippen molar-refractivity contribution in [2.75, 3.05) is 45.9 Å². The molecule has 0 aliphatic carbocycles. The normalized spacial score (nSPS) is 24.0. The zero-order chi connectivity index (χ0) is 11.8. The van der Waals surface area contributed by atoms with E-state index in [2.05, 4.69) is 10.2 Å². The Kier molecular flexibility index (Phi) is 6.32. The predicted molar refractivity (Wildman–Crippen MR) is 71.3 cm³/mol. The first-order chi connectivity index (χ1) is 8.45. The van der Waals surface area contributed by atoms with Crippen LogP contribution >= 0.6 is 0 Å². The molecule has 1 N–H and O–H groups in total. The predicted octanol–water partition coefficient (Wildman–Crippen LogP) is 1.88. The molecule has 0 unspecified atom stereocenters. The number of ether oxygens (including phenoxy) is 1. The van der Waals surface area contributed by atoms with Gasteiger partial charge in [0.2, 0.25) is 0 Å². The number of nitrogens with one attached hydrogen (secondary N) is 1. The molecule has 0 aromatic heterocycles. The molecule has 0 amide bonds. The molecule has 2 saturated heterocycles. The Balaban J connectivity index is 1.42. The first-order valence-electron chi connectivity index (χ1n) is 7.46. The molecule has 3 heteroatoms. The van der Waals surface area contributed by atoms with Crippen molar-refractivity contribution in [1.29, 1.82) is 0 Å². The third-order valence-electron chi connectivity index (χ3n) is 4.02. The summed E-state index contributed by atoms with van der Waals surface area (Å²) in [5.74, 6) is 0.811. The molecule has 2 aliphatic rings. The molecular weight excluding hydrogens is 212 g/mol. The summed E-state index contributed by atoms with van der Waals surface area (Å²) in [6.45, 7) is 8.18. The molecule has 3 nitrogen and oxygen atoms in total. The summed E-state index contributed by atoms with van der Waals surface area (Å²) in [7, 11) is 0. The van der Waals surface area contributed by atoms with E-state index < -0.39 is 0 Å². The second kappa shape index (κ2) is 8.06. The van der Waals surface area contributed by atoms with E-state index in [-0.39, 0.29) is 0 Å². The lowest BCUT2D eigenvalue weighted by molar-refractivity contribution is 0.0783. The highest BCUT2D eigenvalue weighted by molar-refractivity contribution is 4.68. The van der Waals surface area contributed by atoms with E-state index >= 15 is 0 Å². The number of rotatable bonds is 6. The van der Waals surface area contributed by atoms with Crippen LogP contribution in [0.5, 0.6) is 0 Å². The standard InChI is InChI=1S/C14H28N2O/c1-2-9-16(10-3-1)11-4-12-17-13-14-5-7-15-8-6-14/h14-15H,1-13H2. The molecule has 0 spiro atoms. The van der Waals surface area contributed by atoms with E-state index in [0.717, 1.165) is 19.1 Å². The fraction of sp³-hybridized carbons (Fsp3) is 1.00. The number of likely N-dealkylation sites (tertiary alicyclic amines) is 1. The van der Waals surface area contributed by atoms with Crippen molar-refractivity contribution >= 4 is 0 Å². The summed E-state index contributed by atoms with van der Waals surface area (Å²) in [5.41, 5.74) is 0. The van der Waals surface area contributed by atoms with Crippen molar-refractivity contribution in [1.82, 2.24) is 10.2 Å². The molecule has 0 atom stereocenters. The molecule has 0 aromatic rings. The lowest BCUT2D eigenvalue weighted by Crippen LogP contribution is -2.32. The molecule has 2 rings (SSSR count). The summed E-state index contributed by atoms with van der Waals surface area (Å²) in [4.78, 5) is 2.59. The van der Waals surface area contributed by atoms with Gasteiger partial charge >= 0.3 is 0 Å². The summed E-state index contributed by atoms with van der Waals surface area (Å²) in [6.07, 6.45) is 8.04. The highest BCUT2D eigenvalue weighted by Gasteiger charge is 2.13. The number of hydrogen-bond donors (Lipinski definition) is 1. The Labute approximate surface area is 106 Å². The van der Waals surface area contributed by atoms with Crippen molar-refractivity contribution in [3.63, 3.8) is 0 Å². The van der Waals surface area contributed by atoms with E-state index in [9.17, 15) is 0 Å². The van der Waals surface area contributed by atoms with Gasteiger partial charge < -0.3 is 15.0 Å². The van der Waals surface area contributed by atoms with Crippen molar-refractivity contribution in [3.05, 3.63) is 0 Å². The van der Waals surface area contributed by atoms with Gasteiger partial charge in [0.1, 0.15) is 0 Å². The van der Waals surface area contributed by atoms with E-state index in [1.54, 1.807) is 0 Å². The fourth-order valence-corrected chi connectivity index (χ4v) is 2.87. The minimum atomic E-state index is 0.811. The van der Waals surface area contributed by atoms with Crippen LogP contribution in [0.15, 0.2) is 0 Å². The molecule has 100 valence electrons. The second-order valence-corrected chi connectivity index (χ2v) is 5.52. The van der Waals surface area contributed by atoms with Crippen LogP contribution in [0, 0.1) is 5.92 Å². The van der Waals surface area contributed by atoms with Gasteiger partial charge in [-0.2, -0.15) is 0 Å². The van der Waals surface area contributed by atoms with Crippen LogP contribution in [0.25, 0.3) is 0 Å². The van der Waals surface area contributed by atoms with Crippen LogP contribution in [0.4, 0.5) is 0 Å². The summed E-state index contributed by atoms with van der Waals surface area (Å²) in [6, 6.07) is 0. The highest BCUT2D eigenvalue weighted by Crippen LogP contribution is 2.12. The van der Waals surface area contributed by atoms with Crippen LogP contribution in [-0.4, -0.2) is 50.8 Å². The molecule has 0 aromatic carbocycles. The lowest BCUT2D eigenvalue weighted by atomic mass is 9.99. The van der Waals surface area contributed by atoms with E-state index in [4.69, 9.17) is 4.74 Å². The zero-order valence-electron chi connectivity index (χ0n) is 11.1. The quantitative estimate of drug-likeness (QED) is 0.717. The molecule has 0 bridgehead atoms. The first-order valence-corrected chi connectivity index (χ1v) is 7.46. The van der Waals surface area contributed by atoms with Crippen LogP contribution in [0.1, 0.15) is 38.5 Å². The Morgan fingerprint density at radius 2 is 1.82 bits per heavy atom. The van der Waals surface area contributed by atoms with Gasteiger partial charge in [0, 0.05) is 19.8 Å². The molecule has 2 heterocycles. The van der Waals surface area contributed by atoms with Crippen molar-refractivity contribution in [3.8, 4) is 0 Å². The summed E-state index contributed by atoms with van der Waals surface area (Å²) in [5, 5.41) is 3.40. The Morgan fingerprint density at radius 1 is 1.06 bits per heavy atom. The van der Waals surface area contributed by atoms with Crippen molar-refractivity contribution < 1.29 is 4.74 Å². The lowest BCUT2D eigenvalue weighted by Gasteiger charge is -2.26. The molecule has 2 aliphatic heterocycles. The fourth-order valence-electron chi connectivity index (χ4n) is 2.87. The highest BCUT2D eigenvalue weighted by atomic mass is 16.5. The molecule has 0 radical (unpaired) electrons. The van der Waals surface area contributed by atoms with Crippen LogP contribution < -0.4 is 5.32 Å². The van der Waals surface area contributed by atoms with Gasteiger partial charge in [-0.3, -0.25) is 0 Å². The Bertz CT molecular complexity index is 167. The molecule has 0 saturated carbocycles. The van der Waals surface area contributed by atoms with Crippen LogP contribution in [-0.2, 0) is 4.74 Å². The van der Waals surface area contributed by atoms with E-state index in [0.29, 0.717) is 0 Å². The van der Waals surface area contributed by atoms with Gasteiger partial charge in [0.15, 0.2) is 0 Å². The van der Waals surface area contributed by atoms with Crippen LogP contribution in [0.2, 0.25) is 0 Å². The monoisotopic (exact) mass is 240 g/mol. The van der Waals surface area contributed by atoms with Gasteiger partial charge in [-0.25, -0.2) is 0 Å². The number of piperidine rings is 2. The second-order valence-electron chi connectivity index (χ2n) is 5.52. The van der Waals surface area contributed by atoms with Crippen molar-refractivity contribution in [2.24, 2.45) is 5.92 Å². The van der Waals surface area contributed by atoms with E-state index in [1.807, 2.05) is 0 Å². The Morgan fingerprint density at radius 3 is 2.59 bits per heavy atom. The third kappa shape index (κ3) is 5.36. The maximum atomic E-state index is 5.81. The first kappa shape index (κ1) is 13.3. The molecular formula is C14H28N2O. The van der Waals surface area contributed by atoms with Gasteiger partial charge in [0.05, 0.1) is 0 Å². The summed E-state index contributed by atoms with van der Waals surface area (Å²) >= 11 is 0. The topological polar surface area (TPSA) is 24.5 Å². The van der Waals surface area contributed by atoms with E-state index in [1.165, 1.54) is 71.2 Å². The average Bonchev–Trinajstić information content (AvgIpc) is 2.41. The SMILES string of the molecule is C1CCN(CCCOCC2CCNCC2)CC1. The molecule has 2 fully saturated rings. The smallest absolute Gasteiger partial charge is 0.0495 e. The van der Waals surface area contributed by atoms with Crippen LogP contribution in [0.3, 0.4) is 0 Å². The minimum Gasteiger partial charge on any atom is -0.381 e. The van der Waals surface area contributed by atoms with Crippen molar-refractivity contribution in [2.45, 2.75) is 38.5 Å². The summed E-state index contributed by atoms with van der Waals surface area (Å²) < 4.78 is 5.81. The van der Waals surface area contributed by atoms with Gasteiger partial charge in [0.25, 0.3) is 0 Å². The zero-order valence-corrected chi connectivity index (χ0v) is 11.1. The molecule has 17 heavy (non-hydrogen) atoms. The van der Waals surface area contributed by atoms with Gasteiger partial charge in [-0.1, -0.05) is 6.42 Å². The Hall–Kier alpha value is -0.120. The maximum absolute atomic E-state index is 5.81. The maximum Gasteiger partial charge on any atom is 0.0495 e. The third-order valence-corrected chi connectivity index (χ3v) is 4.02. The number of nitrogens with zero attached hydrogens (tertiary/aromatic N) is 1. The van der Waals surface area contributed by atoms with Gasteiger partial charge in [-0.05, 0) is 64.2 Å². The minimum absolute atomic E-state index is 0.811. The van der Waals surface area contributed by atoms with Gasteiger partial charge in [-0.15, -0.1) is 0 Å². The average molecular weight is 240 g/mol. The number of hydrogen-bond acceptors (Lipinski definition) is 3.